The first-order valence-electron chi connectivity index (χ1n) is 12.0. The molecular formula is C26H50N2O2. The Morgan fingerprint density at radius 1 is 1.00 bits per heavy atom. The molecule has 0 aromatic carbocycles. The van der Waals surface area contributed by atoms with Gasteiger partial charge < -0.3 is 15.7 Å². The number of rotatable bonds is 3. The normalized spacial score (nSPS) is 36.7. The lowest BCUT2D eigenvalue weighted by Gasteiger charge is -2.56. The molecule has 2 rings (SSSR count). The van der Waals surface area contributed by atoms with Gasteiger partial charge in [0, 0.05) is 19.1 Å². The molecule has 0 aliphatic carbocycles. The van der Waals surface area contributed by atoms with E-state index < -0.39 is 11.0 Å². The maximum Gasteiger partial charge on any atom is 0.229 e. The zero-order chi connectivity index (χ0) is 23.4. The second kappa shape index (κ2) is 7.76. The fraction of sp³-hybridized carbons (Fsp3) is 0.962. The summed E-state index contributed by atoms with van der Waals surface area (Å²) in [6.45, 7) is 26.1. The number of aliphatic hydroxyl groups is 1. The van der Waals surface area contributed by atoms with Crippen molar-refractivity contribution in [2.75, 3.05) is 13.1 Å². The molecule has 3 N–H and O–H groups in total. The van der Waals surface area contributed by atoms with Crippen molar-refractivity contribution in [1.82, 2.24) is 10.6 Å². The van der Waals surface area contributed by atoms with Crippen molar-refractivity contribution < 1.29 is 9.90 Å². The fourth-order valence-electron chi connectivity index (χ4n) is 7.47. The molecular weight excluding hydrogens is 372 g/mol. The predicted octanol–water partition coefficient (Wildman–Crippen LogP) is 5.15. The van der Waals surface area contributed by atoms with Gasteiger partial charge in [-0.3, -0.25) is 4.79 Å². The van der Waals surface area contributed by atoms with Gasteiger partial charge in [-0.25, -0.2) is 0 Å². The summed E-state index contributed by atoms with van der Waals surface area (Å²) >= 11 is 0. The van der Waals surface area contributed by atoms with Gasteiger partial charge in [-0.1, -0.05) is 69.2 Å². The summed E-state index contributed by atoms with van der Waals surface area (Å²) in [5, 5.41) is 19.2. The second-order valence-corrected chi connectivity index (χ2v) is 14.2. The lowest BCUT2D eigenvalue weighted by atomic mass is 9.49. The van der Waals surface area contributed by atoms with Crippen LogP contribution in [-0.2, 0) is 4.79 Å². The van der Waals surface area contributed by atoms with Gasteiger partial charge in [-0.15, -0.1) is 0 Å². The zero-order valence-corrected chi connectivity index (χ0v) is 21.8. The zero-order valence-electron chi connectivity index (χ0n) is 21.8. The average Bonchev–Trinajstić information content (AvgIpc) is 2.82. The number of carbonyl (C=O) groups excluding carboxylic acids is 1. The first kappa shape index (κ1) is 25.6. The minimum absolute atomic E-state index is 0.0125. The molecule has 3 unspecified atom stereocenters. The van der Waals surface area contributed by atoms with E-state index in [1.807, 2.05) is 6.92 Å². The Morgan fingerprint density at radius 3 is 2.00 bits per heavy atom. The average molecular weight is 423 g/mol. The minimum atomic E-state index is -1.10. The summed E-state index contributed by atoms with van der Waals surface area (Å²) < 4.78 is 0. The highest BCUT2D eigenvalue weighted by Gasteiger charge is 2.67. The lowest BCUT2D eigenvalue weighted by molar-refractivity contribution is -0.177. The molecule has 1 amide bonds. The van der Waals surface area contributed by atoms with Crippen LogP contribution in [0.4, 0.5) is 0 Å². The van der Waals surface area contributed by atoms with E-state index in [0.717, 1.165) is 25.9 Å². The number of hydrogen-bond acceptors (Lipinski definition) is 3. The van der Waals surface area contributed by atoms with Crippen LogP contribution in [0.3, 0.4) is 0 Å². The van der Waals surface area contributed by atoms with Crippen LogP contribution in [0.5, 0.6) is 0 Å². The van der Waals surface area contributed by atoms with Crippen LogP contribution < -0.4 is 10.6 Å². The van der Waals surface area contributed by atoms with Gasteiger partial charge in [-0.2, -0.15) is 0 Å². The number of carbonyl (C=O) groups is 1. The number of hydrogen-bond donors (Lipinski definition) is 3. The van der Waals surface area contributed by atoms with Crippen LogP contribution in [0.1, 0.15) is 102 Å². The first-order chi connectivity index (χ1) is 13.3. The van der Waals surface area contributed by atoms with Gasteiger partial charge >= 0.3 is 0 Å². The SMILES string of the molecule is CC(C)CC(C)(C)C1CC2(C(=O)N1)C(C)(C)CC(C)(C)CNCC(C)(C)CC2(C)O. The molecule has 0 bridgehead atoms. The van der Waals surface area contributed by atoms with E-state index in [1.54, 1.807) is 0 Å². The molecule has 2 heterocycles. The van der Waals surface area contributed by atoms with Crippen LogP contribution >= 0.6 is 0 Å². The summed E-state index contributed by atoms with van der Waals surface area (Å²) in [4.78, 5) is 13.9. The van der Waals surface area contributed by atoms with Crippen LogP contribution in [-0.4, -0.2) is 35.7 Å². The van der Waals surface area contributed by atoms with E-state index in [-0.39, 0.29) is 33.6 Å². The van der Waals surface area contributed by atoms with Gasteiger partial charge in [0.1, 0.15) is 0 Å². The highest BCUT2D eigenvalue weighted by atomic mass is 16.3. The molecule has 176 valence electrons. The molecule has 1 spiro atoms. The van der Waals surface area contributed by atoms with Crippen molar-refractivity contribution in [2.45, 2.75) is 113 Å². The Hall–Kier alpha value is -0.610. The quantitative estimate of drug-likeness (QED) is 0.590. The Morgan fingerprint density at radius 2 is 1.50 bits per heavy atom. The van der Waals surface area contributed by atoms with Gasteiger partial charge in [0.2, 0.25) is 5.91 Å². The van der Waals surface area contributed by atoms with Crippen molar-refractivity contribution in [3.8, 4) is 0 Å². The third-order valence-corrected chi connectivity index (χ3v) is 8.11. The van der Waals surface area contributed by atoms with E-state index in [0.29, 0.717) is 18.8 Å². The third-order valence-electron chi connectivity index (χ3n) is 8.11. The molecule has 30 heavy (non-hydrogen) atoms. The molecule has 2 aliphatic rings. The molecule has 0 saturated carbocycles. The number of amides is 1. The lowest BCUT2D eigenvalue weighted by Crippen LogP contribution is -2.62. The van der Waals surface area contributed by atoms with E-state index in [2.05, 4.69) is 79.9 Å². The molecule has 4 heteroatoms. The maximum atomic E-state index is 13.9. The Kier molecular flexibility index (Phi) is 6.63. The van der Waals surface area contributed by atoms with Gasteiger partial charge in [0.15, 0.2) is 0 Å². The monoisotopic (exact) mass is 422 g/mol. The van der Waals surface area contributed by atoms with Crippen molar-refractivity contribution in [1.29, 1.82) is 0 Å². The van der Waals surface area contributed by atoms with Crippen molar-refractivity contribution in [2.24, 2.45) is 33.0 Å². The summed E-state index contributed by atoms with van der Waals surface area (Å²) in [6.07, 6.45) is 3.23. The van der Waals surface area contributed by atoms with E-state index >= 15 is 0 Å². The van der Waals surface area contributed by atoms with E-state index in [4.69, 9.17) is 0 Å². The minimum Gasteiger partial charge on any atom is -0.389 e. The summed E-state index contributed by atoms with van der Waals surface area (Å²) in [6, 6.07) is 0.0745. The topological polar surface area (TPSA) is 61.4 Å². The van der Waals surface area contributed by atoms with Crippen LogP contribution in [0.15, 0.2) is 0 Å². The Bertz CT molecular complexity index is 613. The van der Waals surface area contributed by atoms with Crippen molar-refractivity contribution >= 4 is 5.91 Å². The molecule has 2 aliphatic heterocycles. The van der Waals surface area contributed by atoms with Crippen LogP contribution in [0.25, 0.3) is 0 Å². The molecule has 4 nitrogen and oxygen atoms in total. The van der Waals surface area contributed by atoms with Gasteiger partial charge in [0.05, 0.1) is 11.0 Å². The standard InChI is InChI=1S/C26H50N2O2/c1-18(2)12-23(7,8)19-13-26(20(29)28-19)24(9,10)14-21(3,4)16-27-17-22(5,6)15-25(26,11)30/h18-19,27,30H,12-17H2,1-11H3,(H,28,29). The number of nitrogens with one attached hydrogen (secondary N) is 2. The molecule has 2 fully saturated rings. The fourth-order valence-corrected chi connectivity index (χ4v) is 7.47. The van der Waals surface area contributed by atoms with Crippen LogP contribution in [0.2, 0.25) is 0 Å². The first-order valence-corrected chi connectivity index (χ1v) is 12.0. The van der Waals surface area contributed by atoms with Gasteiger partial charge in [0.25, 0.3) is 0 Å². The molecule has 3 atom stereocenters. The van der Waals surface area contributed by atoms with E-state index in [1.165, 1.54) is 0 Å². The van der Waals surface area contributed by atoms with Crippen LogP contribution in [0, 0.1) is 33.0 Å². The summed E-state index contributed by atoms with van der Waals surface area (Å²) in [5.41, 5.74) is -2.34. The molecule has 2 saturated heterocycles. The van der Waals surface area contributed by atoms with Crippen molar-refractivity contribution in [3.05, 3.63) is 0 Å². The summed E-state index contributed by atoms with van der Waals surface area (Å²) in [5.74, 6) is 0.620. The Labute approximate surface area is 186 Å². The molecule has 0 aromatic heterocycles. The predicted molar refractivity (Wildman–Crippen MR) is 126 cm³/mol. The molecule has 0 aromatic rings. The highest BCUT2D eigenvalue weighted by Crippen LogP contribution is 2.61. The smallest absolute Gasteiger partial charge is 0.229 e. The molecule has 0 radical (unpaired) electrons. The largest absolute Gasteiger partial charge is 0.389 e. The third kappa shape index (κ3) is 4.75. The highest BCUT2D eigenvalue weighted by molar-refractivity contribution is 5.87. The Balaban J connectivity index is 2.61. The maximum absolute atomic E-state index is 13.9. The van der Waals surface area contributed by atoms with Crippen molar-refractivity contribution in [3.63, 3.8) is 0 Å². The second-order valence-electron chi connectivity index (χ2n) is 14.2. The van der Waals surface area contributed by atoms with E-state index in [9.17, 15) is 9.90 Å². The van der Waals surface area contributed by atoms with Gasteiger partial charge in [-0.05, 0) is 60.2 Å². The summed E-state index contributed by atoms with van der Waals surface area (Å²) in [7, 11) is 0.